The van der Waals surface area contributed by atoms with Crippen LogP contribution in [0, 0.1) is 11.8 Å². The zero-order valence-corrected chi connectivity index (χ0v) is 17.2. The highest BCUT2D eigenvalue weighted by atomic mass is 32.2. The van der Waals surface area contributed by atoms with Crippen molar-refractivity contribution in [2.45, 2.75) is 39.5 Å². The maximum atomic E-state index is 12.5. The molecule has 2 fully saturated rings. The molecule has 150 valence electrons. The van der Waals surface area contributed by atoms with Crippen molar-refractivity contribution in [3.8, 4) is 0 Å². The van der Waals surface area contributed by atoms with Gasteiger partial charge < -0.3 is 10.2 Å². The lowest BCUT2D eigenvalue weighted by molar-refractivity contribution is -0.120. The van der Waals surface area contributed by atoms with Crippen molar-refractivity contribution in [3.63, 3.8) is 0 Å². The smallest absolute Gasteiger partial charge is 0.227 e. The van der Waals surface area contributed by atoms with Gasteiger partial charge in [-0.15, -0.1) is 0 Å². The van der Waals surface area contributed by atoms with Gasteiger partial charge in [0.05, 0.1) is 5.75 Å². The summed E-state index contributed by atoms with van der Waals surface area (Å²) in [6.45, 7) is 6.13. The predicted octanol–water partition coefficient (Wildman–Crippen LogP) is 2.92. The lowest BCUT2D eigenvalue weighted by Gasteiger charge is -2.35. The first kappa shape index (κ1) is 20.1. The molecule has 1 aromatic rings. The third-order valence-corrected chi connectivity index (χ3v) is 7.90. The molecule has 2 aliphatic rings. The molecule has 1 amide bonds. The molecule has 7 heteroatoms. The first-order chi connectivity index (χ1) is 12.9. The number of carbonyl (C=O) groups is 1. The molecule has 1 saturated heterocycles. The van der Waals surface area contributed by atoms with Gasteiger partial charge in [-0.2, -0.15) is 4.31 Å². The molecule has 1 atom stereocenters. The zero-order chi connectivity index (χ0) is 19.4. The van der Waals surface area contributed by atoms with Gasteiger partial charge in [0, 0.05) is 43.5 Å². The molecule has 1 N–H and O–H groups in total. The molecule has 0 spiro atoms. The standard InChI is InChI=1S/C20H31N3O3S/c1-3-27(25,26)23-14-12-22(13-15-23)19-10-8-18(9-11-19)21-20(24)16(2)17-6-4-5-7-17/h8-11,16-17H,3-7,12-15H2,1-2H3,(H,21,24). The number of sulfonamides is 1. The SMILES string of the molecule is CCS(=O)(=O)N1CCN(c2ccc(NC(=O)C(C)C3CCCC3)cc2)CC1. The Hall–Kier alpha value is -1.60. The molecule has 0 aromatic heterocycles. The summed E-state index contributed by atoms with van der Waals surface area (Å²) in [6, 6.07) is 7.87. The highest BCUT2D eigenvalue weighted by Crippen LogP contribution is 2.32. The van der Waals surface area contributed by atoms with Gasteiger partial charge in [0.15, 0.2) is 0 Å². The van der Waals surface area contributed by atoms with E-state index in [0.29, 0.717) is 32.1 Å². The van der Waals surface area contributed by atoms with Crippen LogP contribution < -0.4 is 10.2 Å². The van der Waals surface area contributed by atoms with Crippen LogP contribution >= 0.6 is 0 Å². The fraction of sp³-hybridized carbons (Fsp3) is 0.650. The van der Waals surface area contributed by atoms with E-state index in [9.17, 15) is 13.2 Å². The van der Waals surface area contributed by atoms with E-state index in [2.05, 4.69) is 10.2 Å². The van der Waals surface area contributed by atoms with Crippen LogP contribution in [-0.2, 0) is 14.8 Å². The van der Waals surface area contributed by atoms with Crippen molar-refractivity contribution >= 4 is 27.3 Å². The van der Waals surface area contributed by atoms with Crippen LogP contribution in [0.1, 0.15) is 39.5 Å². The fourth-order valence-corrected chi connectivity index (χ4v) is 5.17. The minimum Gasteiger partial charge on any atom is -0.369 e. The Morgan fingerprint density at radius 2 is 1.70 bits per heavy atom. The number of anilines is 2. The molecular weight excluding hydrogens is 362 g/mol. The van der Waals surface area contributed by atoms with Gasteiger partial charge in [-0.1, -0.05) is 19.8 Å². The Morgan fingerprint density at radius 1 is 1.11 bits per heavy atom. The molecule has 3 rings (SSSR count). The number of nitrogens with one attached hydrogen (secondary N) is 1. The Balaban J connectivity index is 1.54. The van der Waals surface area contributed by atoms with Gasteiger partial charge >= 0.3 is 0 Å². The fourth-order valence-electron chi connectivity index (χ4n) is 4.09. The van der Waals surface area contributed by atoms with Crippen molar-refractivity contribution in [2.75, 3.05) is 42.1 Å². The van der Waals surface area contributed by atoms with E-state index in [0.717, 1.165) is 24.2 Å². The summed E-state index contributed by atoms with van der Waals surface area (Å²) in [4.78, 5) is 14.6. The Morgan fingerprint density at radius 3 is 2.26 bits per heavy atom. The summed E-state index contributed by atoms with van der Waals surface area (Å²) in [5.41, 5.74) is 1.88. The van der Waals surface area contributed by atoms with Crippen LogP contribution in [0.5, 0.6) is 0 Å². The molecule has 1 saturated carbocycles. The monoisotopic (exact) mass is 393 g/mol. The molecule has 1 aromatic carbocycles. The van der Waals surface area contributed by atoms with E-state index in [1.807, 2.05) is 31.2 Å². The largest absolute Gasteiger partial charge is 0.369 e. The molecule has 0 radical (unpaired) electrons. The van der Waals surface area contributed by atoms with Crippen LogP contribution in [0.25, 0.3) is 0 Å². The van der Waals surface area contributed by atoms with Gasteiger partial charge in [0.2, 0.25) is 15.9 Å². The molecule has 1 unspecified atom stereocenters. The van der Waals surface area contributed by atoms with Crippen molar-refractivity contribution in [1.29, 1.82) is 0 Å². The number of nitrogens with zero attached hydrogens (tertiary/aromatic N) is 2. The van der Waals surface area contributed by atoms with E-state index in [1.165, 1.54) is 12.8 Å². The summed E-state index contributed by atoms with van der Waals surface area (Å²) < 4.78 is 25.5. The lowest BCUT2D eigenvalue weighted by atomic mass is 9.92. The van der Waals surface area contributed by atoms with Crippen LogP contribution in [-0.4, -0.2) is 50.6 Å². The van der Waals surface area contributed by atoms with Crippen LogP contribution in [0.2, 0.25) is 0 Å². The maximum Gasteiger partial charge on any atom is 0.227 e. The zero-order valence-electron chi connectivity index (χ0n) is 16.4. The average molecular weight is 394 g/mol. The van der Waals surface area contributed by atoms with Gasteiger partial charge in [-0.05, 0) is 49.9 Å². The molecule has 1 aliphatic carbocycles. The third-order valence-electron chi connectivity index (χ3n) is 6.02. The summed E-state index contributed by atoms with van der Waals surface area (Å²) in [7, 11) is -3.10. The van der Waals surface area contributed by atoms with Gasteiger partial charge in [0.25, 0.3) is 0 Å². The first-order valence-corrected chi connectivity index (χ1v) is 11.7. The third kappa shape index (κ3) is 4.82. The van der Waals surface area contributed by atoms with Gasteiger partial charge in [0.1, 0.15) is 0 Å². The second-order valence-corrected chi connectivity index (χ2v) is 9.91. The van der Waals surface area contributed by atoms with E-state index in [1.54, 1.807) is 11.2 Å². The number of rotatable bonds is 6. The maximum absolute atomic E-state index is 12.5. The Kier molecular flexibility index (Phi) is 6.42. The van der Waals surface area contributed by atoms with E-state index in [-0.39, 0.29) is 17.6 Å². The second-order valence-electron chi connectivity index (χ2n) is 7.66. The Labute approximate surface area is 163 Å². The number of amides is 1. The summed E-state index contributed by atoms with van der Waals surface area (Å²) >= 11 is 0. The summed E-state index contributed by atoms with van der Waals surface area (Å²) in [6.07, 6.45) is 4.80. The van der Waals surface area contributed by atoms with Crippen LogP contribution in [0.3, 0.4) is 0 Å². The second kappa shape index (κ2) is 8.61. The molecule has 1 aliphatic heterocycles. The van der Waals surface area contributed by atoms with Gasteiger partial charge in [-0.25, -0.2) is 8.42 Å². The summed E-state index contributed by atoms with van der Waals surface area (Å²) in [5.74, 6) is 0.828. The van der Waals surface area contributed by atoms with Crippen molar-refractivity contribution in [1.82, 2.24) is 4.31 Å². The number of hydrogen-bond donors (Lipinski definition) is 1. The molecular formula is C20H31N3O3S. The number of benzene rings is 1. The van der Waals surface area contributed by atoms with E-state index >= 15 is 0 Å². The topological polar surface area (TPSA) is 69.7 Å². The summed E-state index contributed by atoms with van der Waals surface area (Å²) in [5, 5.41) is 3.04. The number of piperazine rings is 1. The minimum absolute atomic E-state index is 0.0563. The highest BCUT2D eigenvalue weighted by Gasteiger charge is 2.27. The lowest BCUT2D eigenvalue weighted by Crippen LogP contribution is -2.49. The molecule has 6 nitrogen and oxygen atoms in total. The number of hydrogen-bond acceptors (Lipinski definition) is 4. The average Bonchev–Trinajstić information content (AvgIpc) is 3.23. The van der Waals surface area contributed by atoms with Gasteiger partial charge in [-0.3, -0.25) is 4.79 Å². The van der Waals surface area contributed by atoms with Crippen molar-refractivity contribution < 1.29 is 13.2 Å². The Bertz CT molecular complexity index is 734. The quantitative estimate of drug-likeness (QED) is 0.807. The molecule has 27 heavy (non-hydrogen) atoms. The molecule has 1 heterocycles. The highest BCUT2D eigenvalue weighted by molar-refractivity contribution is 7.89. The van der Waals surface area contributed by atoms with Crippen LogP contribution in [0.15, 0.2) is 24.3 Å². The van der Waals surface area contributed by atoms with Crippen molar-refractivity contribution in [3.05, 3.63) is 24.3 Å². The molecule has 0 bridgehead atoms. The van der Waals surface area contributed by atoms with Crippen LogP contribution in [0.4, 0.5) is 11.4 Å². The predicted molar refractivity (Wildman–Crippen MR) is 109 cm³/mol. The minimum atomic E-state index is -3.10. The first-order valence-electron chi connectivity index (χ1n) is 10.0. The van der Waals surface area contributed by atoms with E-state index in [4.69, 9.17) is 0 Å². The van der Waals surface area contributed by atoms with E-state index < -0.39 is 10.0 Å². The number of carbonyl (C=O) groups excluding carboxylic acids is 1. The normalized spacial score (nSPS) is 20.6. The van der Waals surface area contributed by atoms with Crippen molar-refractivity contribution in [2.24, 2.45) is 11.8 Å².